The molecule has 0 fully saturated rings. The first kappa shape index (κ1) is 23.9. The molecule has 0 spiro atoms. The van der Waals surface area contributed by atoms with Crippen LogP contribution in [0.4, 0.5) is 11.8 Å². The summed E-state index contributed by atoms with van der Waals surface area (Å²) < 4.78 is 11.9. The molecule has 0 radical (unpaired) electrons. The summed E-state index contributed by atoms with van der Waals surface area (Å²) in [5.41, 5.74) is 12.1. The second-order valence-corrected chi connectivity index (χ2v) is 7.91. The van der Waals surface area contributed by atoms with Gasteiger partial charge in [-0.25, -0.2) is 4.79 Å². The second-order valence-electron chi connectivity index (χ2n) is 6.97. The number of aromatic nitrogens is 3. The second kappa shape index (κ2) is 10.2. The largest absolute Gasteiger partial charge is 0.462 e. The normalized spacial score (nSPS) is 11.7. The van der Waals surface area contributed by atoms with Crippen LogP contribution < -0.4 is 16.8 Å². The smallest absolute Gasteiger partial charge is 0.342 e. The van der Waals surface area contributed by atoms with E-state index in [0.29, 0.717) is 10.9 Å². The maximum atomic E-state index is 13.0. The van der Waals surface area contributed by atoms with E-state index in [0.717, 1.165) is 5.56 Å². The third kappa shape index (κ3) is 5.17. The van der Waals surface area contributed by atoms with Crippen molar-refractivity contribution in [2.24, 2.45) is 5.73 Å². The van der Waals surface area contributed by atoms with Crippen LogP contribution >= 0.6 is 11.8 Å². The van der Waals surface area contributed by atoms with Crippen molar-refractivity contribution in [1.82, 2.24) is 14.8 Å². The van der Waals surface area contributed by atoms with Crippen molar-refractivity contribution >= 4 is 41.4 Å². The van der Waals surface area contributed by atoms with Gasteiger partial charge in [0, 0.05) is 5.75 Å². The summed E-state index contributed by atoms with van der Waals surface area (Å²) in [5.74, 6) is -1.80. The number of furan rings is 1. The molecule has 33 heavy (non-hydrogen) atoms. The van der Waals surface area contributed by atoms with Gasteiger partial charge in [-0.3, -0.25) is 19.5 Å². The Balaban J connectivity index is 1.83. The van der Waals surface area contributed by atoms with Gasteiger partial charge < -0.3 is 20.6 Å². The number of primary amides is 1. The molecule has 0 aliphatic rings. The van der Waals surface area contributed by atoms with Gasteiger partial charge in [0.2, 0.25) is 17.7 Å². The van der Waals surface area contributed by atoms with Crippen molar-refractivity contribution in [3.63, 3.8) is 0 Å². The van der Waals surface area contributed by atoms with Gasteiger partial charge in [-0.2, -0.15) is 0 Å². The first-order valence-electron chi connectivity index (χ1n) is 10.0. The number of thioether (sulfide) groups is 1. The molecule has 12 heteroatoms. The molecule has 3 aromatic rings. The van der Waals surface area contributed by atoms with Crippen molar-refractivity contribution in [1.29, 1.82) is 0 Å². The van der Waals surface area contributed by atoms with Gasteiger partial charge in [0.25, 0.3) is 5.91 Å². The number of nitrogens with two attached hydrogens (primary N) is 2. The molecule has 1 aromatic carbocycles. The van der Waals surface area contributed by atoms with Crippen LogP contribution in [0.1, 0.15) is 51.9 Å². The van der Waals surface area contributed by atoms with Crippen LogP contribution in [0.5, 0.6) is 0 Å². The predicted molar refractivity (Wildman–Crippen MR) is 122 cm³/mol. The number of nitrogen functional groups attached to an aromatic ring is 1. The topological polar surface area (TPSA) is 168 Å². The molecule has 0 saturated heterocycles. The first-order valence-corrected chi connectivity index (χ1v) is 11.0. The van der Waals surface area contributed by atoms with Crippen LogP contribution in [-0.4, -0.2) is 39.2 Å². The van der Waals surface area contributed by atoms with Gasteiger partial charge in [-0.15, -0.1) is 10.2 Å². The highest BCUT2D eigenvalue weighted by molar-refractivity contribution is 7.98. The molecule has 1 unspecified atom stereocenters. The third-order valence-electron chi connectivity index (χ3n) is 4.72. The number of nitrogens with one attached hydrogen (secondary N) is 1. The molecule has 11 nitrogen and oxygen atoms in total. The molecule has 0 saturated carbocycles. The summed E-state index contributed by atoms with van der Waals surface area (Å²) in [7, 11) is 0. The van der Waals surface area contributed by atoms with Crippen molar-refractivity contribution in [2.75, 3.05) is 17.7 Å². The molecule has 0 bridgehead atoms. The summed E-state index contributed by atoms with van der Waals surface area (Å²) in [6.45, 7) is 4.77. The van der Waals surface area contributed by atoms with Crippen molar-refractivity contribution < 1.29 is 23.5 Å². The number of anilines is 2. The van der Waals surface area contributed by atoms with Gasteiger partial charge in [-0.05, 0) is 26.3 Å². The lowest BCUT2D eigenvalue weighted by atomic mass is 10.1. The third-order valence-corrected chi connectivity index (χ3v) is 5.73. The monoisotopic (exact) mass is 472 g/mol. The number of benzene rings is 1. The average Bonchev–Trinajstić information content (AvgIpc) is 3.31. The zero-order valence-corrected chi connectivity index (χ0v) is 19.1. The van der Waals surface area contributed by atoms with E-state index in [2.05, 4.69) is 15.5 Å². The molecular weight excluding hydrogens is 448 g/mol. The number of carbonyl (C=O) groups excluding carboxylic acids is 3. The minimum Gasteiger partial charge on any atom is -0.462 e. The fourth-order valence-corrected chi connectivity index (χ4v) is 4.10. The number of amides is 2. The Bertz CT molecular complexity index is 1170. The van der Waals surface area contributed by atoms with Crippen molar-refractivity contribution in [3.8, 4) is 0 Å². The molecule has 3 rings (SSSR count). The van der Waals surface area contributed by atoms with Gasteiger partial charge in [-0.1, -0.05) is 42.1 Å². The predicted octanol–water partition coefficient (Wildman–Crippen LogP) is 2.53. The minimum atomic E-state index is -0.944. The number of ether oxygens (including phenoxy) is 1. The summed E-state index contributed by atoms with van der Waals surface area (Å²) in [4.78, 5) is 37.3. The highest BCUT2D eigenvalue weighted by Gasteiger charge is 2.31. The maximum absolute atomic E-state index is 13.0. The SMILES string of the molecule is CCOC(=O)c1c(C)oc(NC(=O)C(C)n2c(N)nnc2SCc2ccccc2)c1C(N)=O. The Labute approximate surface area is 193 Å². The Morgan fingerprint density at radius 1 is 1.21 bits per heavy atom. The lowest BCUT2D eigenvalue weighted by Crippen LogP contribution is -2.26. The maximum Gasteiger partial charge on any atom is 0.342 e. The number of rotatable bonds is 9. The zero-order valence-electron chi connectivity index (χ0n) is 18.3. The minimum absolute atomic E-state index is 0.0474. The Morgan fingerprint density at radius 2 is 1.91 bits per heavy atom. The molecule has 5 N–H and O–H groups in total. The van der Waals surface area contributed by atoms with Gasteiger partial charge in [0.15, 0.2) is 5.16 Å². The van der Waals surface area contributed by atoms with Crippen LogP contribution in [-0.2, 0) is 15.3 Å². The molecular formula is C21H24N6O5S. The average molecular weight is 473 g/mol. The van der Waals surface area contributed by atoms with E-state index in [1.165, 1.54) is 23.3 Å². The lowest BCUT2D eigenvalue weighted by molar-refractivity contribution is -0.119. The fraction of sp³-hybridized carbons (Fsp3) is 0.286. The van der Waals surface area contributed by atoms with E-state index in [9.17, 15) is 14.4 Å². The van der Waals surface area contributed by atoms with Crippen LogP contribution in [0.25, 0.3) is 0 Å². The number of nitrogens with zero attached hydrogens (tertiary/aromatic N) is 3. The number of aryl methyl sites for hydroxylation is 1. The van der Waals surface area contributed by atoms with Crippen molar-refractivity contribution in [3.05, 3.63) is 52.8 Å². The molecule has 1 atom stereocenters. The van der Waals surface area contributed by atoms with Crippen LogP contribution in [0.15, 0.2) is 39.9 Å². The van der Waals surface area contributed by atoms with Gasteiger partial charge in [0.1, 0.15) is 22.9 Å². The molecule has 2 amide bonds. The van der Waals surface area contributed by atoms with Crippen LogP contribution in [0.3, 0.4) is 0 Å². The standard InChI is InChI=1S/C21H24N6O5S/c1-4-31-19(30)14-12(3)32-18(15(14)16(22)28)24-17(29)11(2)27-20(23)25-26-21(27)33-10-13-8-6-5-7-9-13/h5-9,11H,4,10H2,1-3H3,(H2,22,28)(H2,23,25)(H,24,29). The summed E-state index contributed by atoms with van der Waals surface area (Å²) in [6, 6.07) is 8.85. The zero-order chi connectivity index (χ0) is 24.1. The number of hydrogen-bond acceptors (Lipinski definition) is 9. The summed E-state index contributed by atoms with van der Waals surface area (Å²) in [6.07, 6.45) is 0. The highest BCUT2D eigenvalue weighted by Crippen LogP contribution is 2.30. The van der Waals surface area contributed by atoms with Crippen molar-refractivity contribution in [2.45, 2.75) is 37.7 Å². The van der Waals surface area contributed by atoms with E-state index >= 15 is 0 Å². The van der Waals surface area contributed by atoms with Crippen LogP contribution in [0, 0.1) is 6.92 Å². The van der Waals surface area contributed by atoms with E-state index in [-0.39, 0.29) is 35.3 Å². The number of esters is 1. The van der Waals surface area contributed by atoms with E-state index < -0.39 is 23.8 Å². The Hall–Kier alpha value is -3.80. The van der Waals surface area contributed by atoms with Gasteiger partial charge >= 0.3 is 5.97 Å². The van der Waals surface area contributed by atoms with E-state index in [1.54, 1.807) is 13.8 Å². The molecule has 2 heterocycles. The van der Waals surface area contributed by atoms with E-state index in [4.69, 9.17) is 20.6 Å². The summed E-state index contributed by atoms with van der Waals surface area (Å²) >= 11 is 1.37. The molecule has 174 valence electrons. The molecule has 0 aliphatic heterocycles. The van der Waals surface area contributed by atoms with E-state index in [1.807, 2.05) is 30.3 Å². The molecule has 2 aromatic heterocycles. The Morgan fingerprint density at radius 3 is 2.55 bits per heavy atom. The quantitative estimate of drug-likeness (QED) is 0.313. The number of carbonyl (C=O) groups is 3. The van der Waals surface area contributed by atoms with Gasteiger partial charge in [0.05, 0.1) is 6.61 Å². The lowest BCUT2D eigenvalue weighted by Gasteiger charge is -2.16. The first-order chi connectivity index (χ1) is 15.7. The Kier molecular flexibility index (Phi) is 7.38. The fourth-order valence-electron chi connectivity index (χ4n) is 3.12. The summed E-state index contributed by atoms with van der Waals surface area (Å²) in [5, 5.41) is 10.9. The molecule has 0 aliphatic carbocycles. The van der Waals surface area contributed by atoms with Crippen LogP contribution in [0.2, 0.25) is 0 Å². The number of hydrogen-bond donors (Lipinski definition) is 3. The highest BCUT2D eigenvalue weighted by atomic mass is 32.2.